The molecule has 160 valence electrons. The fourth-order valence-electron chi connectivity index (χ4n) is 4.23. The van der Waals surface area contributed by atoms with Crippen molar-refractivity contribution in [3.63, 3.8) is 0 Å². The van der Waals surface area contributed by atoms with Crippen LogP contribution in [0.4, 0.5) is 11.4 Å². The SMILES string of the molecule is CCN1c2cc(C)c(/C=C3/SC(=Nc4ccc(Br)cc4)NC3=O)cc2C(C)=CC1(C)C. The first kappa shape index (κ1) is 21.9. The Labute approximate surface area is 196 Å². The fraction of sp³-hybridized carbons (Fsp3) is 0.280. The number of thioether (sulfide) groups is 1. The van der Waals surface area contributed by atoms with Crippen molar-refractivity contribution in [1.29, 1.82) is 0 Å². The molecule has 2 aromatic carbocycles. The molecule has 0 aliphatic carbocycles. The molecule has 0 saturated carbocycles. The van der Waals surface area contributed by atoms with Gasteiger partial charge in [0.2, 0.25) is 0 Å². The third-order valence-corrected chi connectivity index (χ3v) is 7.11. The van der Waals surface area contributed by atoms with Crippen LogP contribution in [0, 0.1) is 6.92 Å². The van der Waals surface area contributed by atoms with Crippen molar-refractivity contribution >= 4 is 61.8 Å². The van der Waals surface area contributed by atoms with Crippen molar-refractivity contribution in [2.75, 3.05) is 11.4 Å². The number of likely N-dealkylation sites (N-methyl/N-ethyl adjacent to an activating group) is 1. The highest BCUT2D eigenvalue weighted by Crippen LogP contribution is 2.41. The van der Waals surface area contributed by atoms with Crippen molar-refractivity contribution in [3.8, 4) is 0 Å². The number of anilines is 1. The summed E-state index contributed by atoms with van der Waals surface area (Å²) in [6.45, 7) is 11.9. The first-order chi connectivity index (χ1) is 14.7. The Hall–Kier alpha value is -2.31. The second kappa shape index (κ2) is 8.32. The molecule has 2 aliphatic rings. The topological polar surface area (TPSA) is 44.7 Å². The van der Waals surface area contributed by atoms with Gasteiger partial charge in [0.25, 0.3) is 5.91 Å². The minimum Gasteiger partial charge on any atom is -0.363 e. The lowest BCUT2D eigenvalue weighted by atomic mass is 9.87. The number of amides is 1. The van der Waals surface area contributed by atoms with Gasteiger partial charge in [0.15, 0.2) is 5.17 Å². The molecule has 2 aliphatic heterocycles. The molecule has 6 heteroatoms. The van der Waals surface area contributed by atoms with Crippen LogP contribution in [0.1, 0.15) is 44.4 Å². The van der Waals surface area contributed by atoms with Gasteiger partial charge >= 0.3 is 0 Å². The molecule has 1 saturated heterocycles. The summed E-state index contributed by atoms with van der Waals surface area (Å²) in [6.07, 6.45) is 4.30. The predicted molar refractivity (Wildman–Crippen MR) is 137 cm³/mol. The normalized spacial score (nSPS) is 20.1. The standard InChI is InChI=1S/C25H26BrN3OS/c1-6-29-21-11-15(2)17(12-20(21)16(3)14-25(29,4)5)13-22-23(30)28-24(31-22)27-19-9-7-18(26)8-10-19/h7-14H,6H2,1-5H3,(H,27,28,30)/b22-13+. The Bertz CT molecular complexity index is 1150. The average molecular weight is 496 g/mol. The van der Waals surface area contributed by atoms with Gasteiger partial charge in [0, 0.05) is 22.3 Å². The lowest BCUT2D eigenvalue weighted by Crippen LogP contribution is -2.44. The van der Waals surface area contributed by atoms with Gasteiger partial charge in [-0.15, -0.1) is 0 Å². The number of amidine groups is 1. The van der Waals surface area contributed by atoms with Gasteiger partial charge in [-0.25, -0.2) is 4.99 Å². The van der Waals surface area contributed by atoms with Crippen LogP contribution in [0.15, 0.2) is 56.8 Å². The number of halogens is 1. The Morgan fingerprint density at radius 1 is 1.19 bits per heavy atom. The Morgan fingerprint density at radius 2 is 1.90 bits per heavy atom. The number of nitrogens with one attached hydrogen (secondary N) is 1. The molecular formula is C25H26BrN3OS. The van der Waals surface area contributed by atoms with Crippen molar-refractivity contribution in [1.82, 2.24) is 5.32 Å². The minimum absolute atomic E-state index is 0.0160. The van der Waals surface area contributed by atoms with E-state index in [1.807, 2.05) is 30.3 Å². The molecule has 2 aromatic rings. The van der Waals surface area contributed by atoms with Gasteiger partial charge in [-0.2, -0.15) is 0 Å². The monoisotopic (exact) mass is 495 g/mol. The average Bonchev–Trinajstić information content (AvgIpc) is 3.03. The second-order valence-corrected chi connectivity index (χ2v) is 10.4. The largest absolute Gasteiger partial charge is 0.363 e. The molecule has 1 N–H and O–H groups in total. The minimum atomic E-state index is -0.110. The first-order valence-corrected chi connectivity index (χ1v) is 12.0. The van der Waals surface area contributed by atoms with E-state index >= 15 is 0 Å². The number of nitrogens with zero attached hydrogens (tertiary/aromatic N) is 2. The zero-order valence-corrected chi connectivity index (χ0v) is 20.8. The zero-order chi connectivity index (χ0) is 22.3. The van der Waals surface area contributed by atoms with Gasteiger partial charge in [0.05, 0.1) is 16.1 Å². The summed E-state index contributed by atoms with van der Waals surface area (Å²) in [5.41, 5.74) is 6.76. The molecule has 31 heavy (non-hydrogen) atoms. The Morgan fingerprint density at radius 3 is 2.58 bits per heavy atom. The summed E-state index contributed by atoms with van der Waals surface area (Å²) in [6, 6.07) is 12.1. The van der Waals surface area contributed by atoms with Crippen molar-refractivity contribution in [2.24, 2.45) is 4.99 Å². The molecule has 0 radical (unpaired) electrons. The smallest absolute Gasteiger partial charge is 0.264 e. The molecule has 0 spiro atoms. The highest BCUT2D eigenvalue weighted by Gasteiger charge is 2.31. The van der Waals surface area contributed by atoms with Crippen molar-refractivity contribution < 1.29 is 4.79 Å². The number of fused-ring (bicyclic) bond motifs is 1. The molecule has 2 heterocycles. The van der Waals surface area contributed by atoms with E-state index in [2.05, 4.69) is 84.0 Å². The second-order valence-electron chi connectivity index (χ2n) is 8.41. The van der Waals surface area contributed by atoms with E-state index in [1.165, 1.54) is 28.6 Å². The molecular weight excluding hydrogens is 470 g/mol. The number of benzene rings is 2. The number of carbonyl (C=O) groups excluding carboxylic acids is 1. The van der Waals surface area contributed by atoms with Crippen LogP contribution in [0.25, 0.3) is 11.6 Å². The quantitative estimate of drug-likeness (QED) is 0.483. The summed E-state index contributed by atoms with van der Waals surface area (Å²) < 4.78 is 0.998. The van der Waals surface area contributed by atoms with E-state index in [0.717, 1.165) is 27.8 Å². The van der Waals surface area contributed by atoms with Crippen LogP contribution in [0.2, 0.25) is 0 Å². The summed E-state index contributed by atoms with van der Waals surface area (Å²) in [5.74, 6) is -0.110. The number of hydrogen-bond donors (Lipinski definition) is 1. The molecule has 0 unspecified atom stereocenters. The lowest BCUT2D eigenvalue weighted by Gasteiger charge is -2.43. The third-order valence-electron chi connectivity index (χ3n) is 5.68. The van der Waals surface area contributed by atoms with E-state index < -0.39 is 0 Å². The van der Waals surface area contributed by atoms with Crippen LogP contribution < -0.4 is 10.2 Å². The van der Waals surface area contributed by atoms with E-state index in [0.29, 0.717) is 10.1 Å². The maximum absolute atomic E-state index is 12.6. The third kappa shape index (κ3) is 4.37. The van der Waals surface area contributed by atoms with Crippen LogP contribution in [-0.2, 0) is 4.79 Å². The molecule has 0 bridgehead atoms. The van der Waals surface area contributed by atoms with Gasteiger partial charge in [-0.3, -0.25) is 4.79 Å². The van der Waals surface area contributed by atoms with E-state index in [4.69, 9.17) is 0 Å². The zero-order valence-electron chi connectivity index (χ0n) is 18.4. The van der Waals surface area contributed by atoms with E-state index in [1.54, 1.807) is 0 Å². The van der Waals surface area contributed by atoms with Gasteiger partial charge in [0.1, 0.15) is 0 Å². The van der Waals surface area contributed by atoms with Gasteiger partial charge < -0.3 is 10.2 Å². The predicted octanol–water partition coefficient (Wildman–Crippen LogP) is 6.67. The summed E-state index contributed by atoms with van der Waals surface area (Å²) >= 11 is 4.80. The van der Waals surface area contributed by atoms with E-state index in [-0.39, 0.29) is 11.4 Å². The molecule has 0 atom stereocenters. The number of allylic oxidation sites excluding steroid dienone is 1. The summed E-state index contributed by atoms with van der Waals surface area (Å²) in [7, 11) is 0. The number of hydrogen-bond acceptors (Lipinski definition) is 4. The molecule has 1 fully saturated rings. The van der Waals surface area contributed by atoms with Crippen molar-refractivity contribution in [2.45, 2.75) is 40.2 Å². The Kier molecular flexibility index (Phi) is 5.88. The van der Waals surface area contributed by atoms with Crippen LogP contribution in [-0.4, -0.2) is 23.2 Å². The summed E-state index contributed by atoms with van der Waals surface area (Å²) in [4.78, 5) is 20.2. The number of rotatable bonds is 3. The number of aliphatic imine (C=N–C) groups is 1. The lowest BCUT2D eigenvalue weighted by molar-refractivity contribution is -0.115. The molecule has 0 aromatic heterocycles. The van der Waals surface area contributed by atoms with E-state index in [9.17, 15) is 4.79 Å². The Balaban J connectivity index is 1.67. The van der Waals surface area contributed by atoms with Crippen molar-refractivity contribution in [3.05, 3.63) is 68.5 Å². The van der Waals surface area contributed by atoms with Crippen LogP contribution >= 0.6 is 27.7 Å². The van der Waals surface area contributed by atoms with Gasteiger partial charge in [-0.05, 0) is 106 Å². The maximum Gasteiger partial charge on any atom is 0.264 e. The molecule has 4 rings (SSSR count). The number of carbonyl (C=O) groups is 1. The molecule has 4 nitrogen and oxygen atoms in total. The first-order valence-electron chi connectivity index (χ1n) is 10.3. The maximum atomic E-state index is 12.6. The summed E-state index contributed by atoms with van der Waals surface area (Å²) in [5, 5.41) is 3.48. The van der Waals surface area contributed by atoms with Crippen LogP contribution in [0.3, 0.4) is 0 Å². The van der Waals surface area contributed by atoms with Crippen LogP contribution in [0.5, 0.6) is 0 Å². The number of aryl methyl sites for hydroxylation is 1. The highest BCUT2D eigenvalue weighted by atomic mass is 79.9. The highest BCUT2D eigenvalue weighted by molar-refractivity contribution is 9.10. The molecule has 1 amide bonds. The fourth-order valence-corrected chi connectivity index (χ4v) is 5.33. The van der Waals surface area contributed by atoms with Gasteiger partial charge in [-0.1, -0.05) is 22.0 Å².